The molecule has 1 amide bonds. The van der Waals surface area contributed by atoms with Crippen molar-refractivity contribution in [1.82, 2.24) is 5.32 Å². The normalized spacial score (nSPS) is 19.2. The fraction of sp³-hybridized carbons (Fsp3) is 0.273. The second-order valence-corrected chi connectivity index (χ2v) is 3.48. The highest BCUT2D eigenvalue weighted by atomic mass is 16.2. The molecule has 1 aliphatic rings. The van der Waals surface area contributed by atoms with Gasteiger partial charge >= 0.3 is 0 Å². The number of hydrogen-bond donors (Lipinski definition) is 1. The van der Waals surface area contributed by atoms with Crippen molar-refractivity contribution in [3.63, 3.8) is 0 Å². The van der Waals surface area contributed by atoms with Crippen LogP contribution in [-0.4, -0.2) is 17.7 Å². The molecule has 72 valence electrons. The average molecular weight is 189 g/mol. The number of nitrogens with one attached hydrogen (secondary N) is 1. The van der Waals surface area contributed by atoms with Gasteiger partial charge in [-0.1, -0.05) is 24.3 Å². The van der Waals surface area contributed by atoms with Gasteiger partial charge in [-0.15, -0.1) is 0 Å². The largest absolute Gasteiger partial charge is 0.346 e. The van der Waals surface area contributed by atoms with Gasteiger partial charge in [0.2, 0.25) is 5.91 Å². The molecule has 0 saturated heterocycles. The summed E-state index contributed by atoms with van der Waals surface area (Å²) in [5, 5.41) is 2.65. The average Bonchev–Trinajstić information content (AvgIpc) is 2.44. The number of rotatable bonds is 1. The van der Waals surface area contributed by atoms with Crippen LogP contribution < -0.4 is 5.32 Å². The summed E-state index contributed by atoms with van der Waals surface area (Å²) in [6, 6.07) is 7.12. The van der Waals surface area contributed by atoms with E-state index in [-0.39, 0.29) is 17.7 Å². The number of hydrogen-bond acceptors (Lipinski definition) is 2. The van der Waals surface area contributed by atoms with E-state index in [1.807, 2.05) is 18.2 Å². The third-order valence-electron chi connectivity index (χ3n) is 2.40. The smallest absolute Gasteiger partial charge is 0.217 e. The van der Waals surface area contributed by atoms with Crippen molar-refractivity contribution in [2.24, 2.45) is 0 Å². The van der Waals surface area contributed by atoms with Gasteiger partial charge in [0.25, 0.3) is 0 Å². The van der Waals surface area contributed by atoms with Gasteiger partial charge < -0.3 is 5.32 Å². The van der Waals surface area contributed by atoms with Crippen LogP contribution >= 0.6 is 0 Å². The van der Waals surface area contributed by atoms with E-state index in [9.17, 15) is 9.59 Å². The lowest BCUT2D eigenvalue weighted by molar-refractivity contribution is -0.119. The highest BCUT2D eigenvalue weighted by Crippen LogP contribution is 2.21. The Labute approximate surface area is 82.1 Å². The van der Waals surface area contributed by atoms with E-state index in [0.29, 0.717) is 6.42 Å². The minimum Gasteiger partial charge on any atom is -0.346 e. The third-order valence-corrected chi connectivity index (χ3v) is 2.40. The quantitative estimate of drug-likeness (QED) is 0.714. The predicted octanol–water partition coefficient (Wildman–Crippen LogP) is 0.930. The number of carbonyl (C=O) groups excluding carboxylic acids is 2. The van der Waals surface area contributed by atoms with E-state index in [2.05, 4.69) is 5.32 Å². The highest BCUT2D eigenvalue weighted by Gasteiger charge is 2.30. The van der Waals surface area contributed by atoms with Gasteiger partial charge in [-0.3, -0.25) is 9.59 Å². The van der Waals surface area contributed by atoms with Gasteiger partial charge in [-0.2, -0.15) is 0 Å². The van der Waals surface area contributed by atoms with Crippen LogP contribution in [0, 0.1) is 0 Å². The summed E-state index contributed by atoms with van der Waals surface area (Å²) in [7, 11) is 0. The summed E-state index contributed by atoms with van der Waals surface area (Å²) < 4.78 is 0. The van der Waals surface area contributed by atoms with E-state index in [1.54, 1.807) is 6.07 Å². The Morgan fingerprint density at radius 2 is 2.14 bits per heavy atom. The number of Topliss-reactive ketones (excluding diaryl/α,β-unsaturated/α-hetero) is 1. The van der Waals surface area contributed by atoms with E-state index < -0.39 is 0 Å². The van der Waals surface area contributed by atoms with Gasteiger partial charge in [0.15, 0.2) is 5.78 Å². The third kappa shape index (κ3) is 1.41. The van der Waals surface area contributed by atoms with E-state index >= 15 is 0 Å². The highest BCUT2D eigenvalue weighted by molar-refractivity contribution is 6.05. The molecule has 1 aliphatic carbocycles. The predicted molar refractivity (Wildman–Crippen MR) is 52.1 cm³/mol. The van der Waals surface area contributed by atoms with Crippen molar-refractivity contribution in [2.75, 3.05) is 0 Å². The Balaban J connectivity index is 2.26. The summed E-state index contributed by atoms with van der Waals surface area (Å²) in [4.78, 5) is 22.6. The van der Waals surface area contributed by atoms with Gasteiger partial charge in [0, 0.05) is 18.9 Å². The zero-order chi connectivity index (χ0) is 10.1. The Bertz CT molecular complexity index is 398. The van der Waals surface area contributed by atoms with E-state index in [4.69, 9.17) is 0 Å². The molecule has 3 heteroatoms. The molecule has 0 saturated carbocycles. The van der Waals surface area contributed by atoms with Crippen molar-refractivity contribution in [1.29, 1.82) is 0 Å². The Hall–Kier alpha value is -1.64. The van der Waals surface area contributed by atoms with Gasteiger partial charge in [0.05, 0.1) is 6.04 Å². The molecule has 1 aromatic carbocycles. The standard InChI is InChI=1S/C11H11NO2/c1-7(13)12-10-6-8-4-2-3-5-9(8)11(10)14/h2-5,10H,6H2,1H3,(H,12,13)/t10-/m1/s1. The van der Waals surface area contributed by atoms with Crippen LogP contribution in [0.25, 0.3) is 0 Å². The summed E-state index contributed by atoms with van der Waals surface area (Å²) in [5.74, 6) is -0.132. The molecule has 0 radical (unpaired) electrons. The zero-order valence-corrected chi connectivity index (χ0v) is 7.91. The first-order chi connectivity index (χ1) is 6.68. The molecule has 1 atom stereocenters. The summed E-state index contributed by atoms with van der Waals surface area (Å²) in [6.45, 7) is 1.43. The topological polar surface area (TPSA) is 46.2 Å². The molecule has 0 spiro atoms. The van der Waals surface area contributed by atoms with Gasteiger partial charge in [-0.05, 0) is 5.56 Å². The van der Waals surface area contributed by atoms with Crippen LogP contribution in [0.3, 0.4) is 0 Å². The lowest BCUT2D eigenvalue weighted by Gasteiger charge is -2.07. The van der Waals surface area contributed by atoms with Crippen LogP contribution in [0.4, 0.5) is 0 Å². The lowest BCUT2D eigenvalue weighted by atomic mass is 10.1. The molecule has 0 unspecified atom stereocenters. The van der Waals surface area contributed by atoms with Gasteiger partial charge in [-0.25, -0.2) is 0 Å². The van der Waals surface area contributed by atoms with E-state index in [1.165, 1.54) is 6.92 Å². The minimum absolute atomic E-state index is 0.0239. The van der Waals surface area contributed by atoms with Crippen molar-refractivity contribution >= 4 is 11.7 Å². The maximum Gasteiger partial charge on any atom is 0.217 e. The SMILES string of the molecule is CC(=O)N[C@@H]1Cc2ccccc2C1=O. The molecule has 0 aromatic heterocycles. The number of fused-ring (bicyclic) bond motifs is 1. The summed E-state index contributed by atoms with van der Waals surface area (Å²) >= 11 is 0. The molecule has 0 fully saturated rings. The number of ketones is 1. The molecule has 1 aromatic rings. The first-order valence-electron chi connectivity index (χ1n) is 4.57. The second kappa shape index (κ2) is 3.25. The minimum atomic E-state index is -0.357. The van der Waals surface area contributed by atoms with Crippen molar-refractivity contribution < 1.29 is 9.59 Å². The molecular weight excluding hydrogens is 178 g/mol. The number of benzene rings is 1. The van der Waals surface area contributed by atoms with Crippen LogP contribution in [0.2, 0.25) is 0 Å². The fourth-order valence-electron chi connectivity index (χ4n) is 1.80. The molecule has 0 aliphatic heterocycles. The molecule has 14 heavy (non-hydrogen) atoms. The first kappa shape index (κ1) is 8.94. The van der Waals surface area contributed by atoms with Crippen LogP contribution in [0.5, 0.6) is 0 Å². The molecule has 1 N–H and O–H groups in total. The summed E-state index contributed by atoms with van der Waals surface area (Å²) in [5.41, 5.74) is 1.77. The Morgan fingerprint density at radius 3 is 2.79 bits per heavy atom. The van der Waals surface area contributed by atoms with Crippen LogP contribution in [-0.2, 0) is 11.2 Å². The van der Waals surface area contributed by atoms with Crippen LogP contribution in [0.15, 0.2) is 24.3 Å². The summed E-state index contributed by atoms with van der Waals surface area (Å²) in [6.07, 6.45) is 0.620. The molecule has 0 bridgehead atoms. The van der Waals surface area contributed by atoms with Crippen molar-refractivity contribution in [2.45, 2.75) is 19.4 Å². The molecule has 0 heterocycles. The van der Waals surface area contributed by atoms with Crippen LogP contribution in [0.1, 0.15) is 22.8 Å². The first-order valence-corrected chi connectivity index (χ1v) is 4.57. The maximum absolute atomic E-state index is 11.7. The van der Waals surface area contributed by atoms with Crippen molar-refractivity contribution in [3.05, 3.63) is 35.4 Å². The Morgan fingerprint density at radius 1 is 1.43 bits per heavy atom. The maximum atomic E-state index is 11.7. The molecule has 2 rings (SSSR count). The zero-order valence-electron chi connectivity index (χ0n) is 7.91. The van der Waals surface area contributed by atoms with Crippen molar-refractivity contribution in [3.8, 4) is 0 Å². The van der Waals surface area contributed by atoms with Gasteiger partial charge in [0.1, 0.15) is 0 Å². The second-order valence-electron chi connectivity index (χ2n) is 3.48. The lowest BCUT2D eigenvalue weighted by Crippen LogP contribution is -2.37. The number of amides is 1. The van der Waals surface area contributed by atoms with E-state index in [0.717, 1.165) is 11.1 Å². The number of carbonyl (C=O) groups is 2. The Kier molecular flexibility index (Phi) is 2.08. The molecular formula is C11H11NO2. The molecule has 3 nitrogen and oxygen atoms in total. The fourth-order valence-corrected chi connectivity index (χ4v) is 1.80. The monoisotopic (exact) mass is 189 g/mol.